The van der Waals surface area contributed by atoms with Crippen molar-refractivity contribution in [2.75, 3.05) is 13.7 Å². The Bertz CT molecular complexity index is 2100. The molecular formula is C37H31ClN2O4S. The summed E-state index contributed by atoms with van der Waals surface area (Å²) in [6.45, 7) is 2.80. The normalized spacial score (nSPS) is 15.5. The maximum absolute atomic E-state index is 14.2. The van der Waals surface area contributed by atoms with Gasteiger partial charge in [0.25, 0.3) is 5.56 Å². The van der Waals surface area contributed by atoms with Crippen molar-refractivity contribution in [3.8, 4) is 17.2 Å². The van der Waals surface area contributed by atoms with Gasteiger partial charge in [-0.25, -0.2) is 4.99 Å². The van der Waals surface area contributed by atoms with Gasteiger partial charge < -0.3 is 14.2 Å². The topological polar surface area (TPSA) is 62.0 Å². The van der Waals surface area contributed by atoms with Gasteiger partial charge in [-0.1, -0.05) is 77.5 Å². The predicted molar refractivity (Wildman–Crippen MR) is 179 cm³/mol. The lowest BCUT2D eigenvalue weighted by Crippen LogP contribution is -2.38. The average Bonchev–Trinajstić information content (AvgIpc) is 3.38. The van der Waals surface area contributed by atoms with Crippen LogP contribution in [0.3, 0.4) is 0 Å². The van der Waals surface area contributed by atoms with Crippen LogP contribution in [-0.4, -0.2) is 18.3 Å². The number of benzene rings is 4. The van der Waals surface area contributed by atoms with Crippen LogP contribution < -0.4 is 29.1 Å². The zero-order chi connectivity index (χ0) is 30.9. The first-order valence-electron chi connectivity index (χ1n) is 14.9. The molecule has 0 bridgehead atoms. The van der Waals surface area contributed by atoms with Gasteiger partial charge in [-0.05, 0) is 90.1 Å². The number of fused-ring (bicyclic) bond motifs is 3. The third kappa shape index (κ3) is 5.70. The molecule has 2 heterocycles. The summed E-state index contributed by atoms with van der Waals surface area (Å²) in [5.41, 5.74) is 7.39. The van der Waals surface area contributed by atoms with Crippen molar-refractivity contribution in [1.29, 1.82) is 0 Å². The van der Waals surface area contributed by atoms with Gasteiger partial charge in [-0.15, -0.1) is 0 Å². The Labute approximate surface area is 270 Å². The highest BCUT2D eigenvalue weighted by atomic mass is 35.5. The zero-order valence-electron chi connectivity index (χ0n) is 25.0. The second-order valence-corrected chi connectivity index (χ2v) is 12.4. The molecule has 1 atom stereocenters. The van der Waals surface area contributed by atoms with E-state index in [9.17, 15) is 4.79 Å². The summed E-state index contributed by atoms with van der Waals surface area (Å²) in [4.78, 5) is 20.0. The molecule has 1 aliphatic carbocycles. The average molecular weight is 635 g/mol. The quantitative estimate of drug-likeness (QED) is 0.185. The molecule has 6 nitrogen and oxygen atoms in total. The third-order valence-electron chi connectivity index (χ3n) is 8.18. The van der Waals surface area contributed by atoms with E-state index in [-0.39, 0.29) is 11.6 Å². The fourth-order valence-electron chi connectivity index (χ4n) is 6.00. The van der Waals surface area contributed by atoms with E-state index in [1.54, 1.807) is 7.11 Å². The Morgan fingerprint density at radius 2 is 1.76 bits per heavy atom. The van der Waals surface area contributed by atoms with Gasteiger partial charge in [-0.2, -0.15) is 0 Å². The highest BCUT2D eigenvalue weighted by Gasteiger charge is 2.32. The molecule has 0 radical (unpaired) electrons. The molecule has 0 unspecified atom stereocenters. The van der Waals surface area contributed by atoms with Crippen molar-refractivity contribution in [3.05, 3.63) is 149 Å². The molecule has 5 aromatic rings. The minimum absolute atomic E-state index is 0.0639. The number of aromatic nitrogens is 1. The van der Waals surface area contributed by atoms with Crippen LogP contribution in [0.5, 0.6) is 17.2 Å². The van der Waals surface area contributed by atoms with Crippen molar-refractivity contribution in [1.82, 2.24) is 4.57 Å². The second kappa shape index (κ2) is 12.4. The van der Waals surface area contributed by atoms with Crippen LogP contribution in [0.1, 0.15) is 47.2 Å². The van der Waals surface area contributed by atoms with E-state index < -0.39 is 0 Å². The number of halogens is 1. The van der Waals surface area contributed by atoms with Crippen molar-refractivity contribution in [3.63, 3.8) is 0 Å². The van der Waals surface area contributed by atoms with Crippen LogP contribution in [0.2, 0.25) is 5.02 Å². The highest BCUT2D eigenvalue weighted by Crippen LogP contribution is 2.41. The molecule has 2 aliphatic rings. The minimum Gasteiger partial charge on any atom is -0.497 e. The van der Waals surface area contributed by atoms with E-state index >= 15 is 0 Å². The highest BCUT2D eigenvalue weighted by molar-refractivity contribution is 7.07. The standard InChI is InChI=1S/C37H31ClN2O4S/c1-3-43-32-20-24(10-19-31(32)44-22-23-8-14-27(38)15-9-23)21-33-36(41)40-35(26-11-16-28(42-2)17-12-26)30-18-13-25-6-4-5-7-29(25)34(30)39-37(40)45-33/h4-12,14-17,19-21,35H,3,13,18,22H2,1-2H3/b33-21-/t35-/m1/s1. The summed E-state index contributed by atoms with van der Waals surface area (Å²) in [6.07, 6.45) is 3.66. The molecule has 4 aromatic carbocycles. The monoisotopic (exact) mass is 634 g/mol. The maximum atomic E-state index is 14.2. The first kappa shape index (κ1) is 29.1. The summed E-state index contributed by atoms with van der Waals surface area (Å²) in [5.74, 6) is 2.03. The summed E-state index contributed by atoms with van der Waals surface area (Å²) < 4.78 is 19.9. The Kier molecular flexibility index (Phi) is 8.04. The number of rotatable bonds is 8. The van der Waals surface area contributed by atoms with Crippen molar-refractivity contribution in [2.24, 2.45) is 4.99 Å². The summed E-state index contributed by atoms with van der Waals surface area (Å²) in [5, 5.41) is 0.684. The zero-order valence-corrected chi connectivity index (χ0v) is 26.5. The minimum atomic E-state index is -0.250. The molecule has 45 heavy (non-hydrogen) atoms. The van der Waals surface area contributed by atoms with Crippen LogP contribution in [0.25, 0.3) is 11.8 Å². The lowest BCUT2D eigenvalue weighted by Gasteiger charge is -2.30. The molecule has 0 amide bonds. The first-order chi connectivity index (χ1) is 22.0. The van der Waals surface area contributed by atoms with E-state index in [0.29, 0.717) is 39.1 Å². The second-order valence-electron chi connectivity index (χ2n) is 10.9. The maximum Gasteiger partial charge on any atom is 0.271 e. The van der Waals surface area contributed by atoms with Gasteiger partial charge in [-0.3, -0.25) is 9.36 Å². The van der Waals surface area contributed by atoms with Gasteiger partial charge in [0.05, 0.1) is 30.0 Å². The fourth-order valence-corrected chi connectivity index (χ4v) is 7.13. The molecule has 0 N–H and O–H groups in total. The molecule has 0 saturated heterocycles. The Morgan fingerprint density at radius 3 is 2.53 bits per heavy atom. The summed E-state index contributed by atoms with van der Waals surface area (Å²) in [6, 6.07) is 29.5. The van der Waals surface area contributed by atoms with Crippen LogP contribution in [0.15, 0.2) is 106 Å². The number of allylic oxidation sites excluding steroid dienone is 1. The van der Waals surface area contributed by atoms with E-state index in [1.165, 1.54) is 22.5 Å². The Balaban J connectivity index is 1.30. The van der Waals surface area contributed by atoms with Crippen LogP contribution in [-0.2, 0) is 13.0 Å². The summed E-state index contributed by atoms with van der Waals surface area (Å²) >= 11 is 7.44. The number of ether oxygens (including phenoxy) is 3. The van der Waals surface area contributed by atoms with Crippen LogP contribution >= 0.6 is 22.9 Å². The number of methoxy groups -OCH3 is 1. The molecule has 1 aromatic heterocycles. The molecular weight excluding hydrogens is 604 g/mol. The molecule has 0 fully saturated rings. The number of hydrogen-bond donors (Lipinski definition) is 0. The largest absolute Gasteiger partial charge is 0.497 e. The number of aryl methyl sites for hydroxylation is 1. The van der Waals surface area contributed by atoms with Gasteiger partial charge >= 0.3 is 0 Å². The lowest BCUT2D eigenvalue weighted by atomic mass is 9.83. The Morgan fingerprint density at radius 1 is 0.956 bits per heavy atom. The lowest BCUT2D eigenvalue weighted by molar-refractivity contribution is 0.269. The molecule has 8 heteroatoms. The van der Waals surface area contributed by atoms with Crippen molar-refractivity contribution < 1.29 is 14.2 Å². The summed E-state index contributed by atoms with van der Waals surface area (Å²) in [7, 11) is 1.66. The van der Waals surface area contributed by atoms with E-state index in [4.69, 9.17) is 30.8 Å². The van der Waals surface area contributed by atoms with Crippen molar-refractivity contribution >= 4 is 34.7 Å². The van der Waals surface area contributed by atoms with E-state index in [0.717, 1.165) is 46.5 Å². The molecule has 7 rings (SSSR count). The van der Waals surface area contributed by atoms with Gasteiger partial charge in [0.1, 0.15) is 12.4 Å². The van der Waals surface area contributed by atoms with E-state index in [2.05, 4.69) is 24.3 Å². The Hall–Kier alpha value is -4.59. The van der Waals surface area contributed by atoms with Crippen LogP contribution in [0.4, 0.5) is 0 Å². The SMILES string of the molecule is CCOc1cc(/C=c2\sc3n(c2=O)[C@H](c2ccc(OC)cc2)C2=C(N=3)c3ccccc3CC2)ccc1OCc1ccc(Cl)cc1. The number of nitrogens with zero attached hydrogens (tertiary/aromatic N) is 2. The van der Waals surface area contributed by atoms with Gasteiger partial charge in [0.2, 0.25) is 0 Å². The number of hydrogen-bond acceptors (Lipinski definition) is 6. The molecule has 0 saturated carbocycles. The predicted octanol–water partition coefficient (Wildman–Crippen LogP) is 6.96. The fraction of sp³-hybridized carbons (Fsp3) is 0.189. The molecule has 1 aliphatic heterocycles. The van der Waals surface area contributed by atoms with E-state index in [1.807, 2.05) is 84.3 Å². The van der Waals surface area contributed by atoms with Crippen LogP contribution in [0, 0.1) is 0 Å². The third-order valence-corrected chi connectivity index (χ3v) is 9.41. The smallest absolute Gasteiger partial charge is 0.271 e. The molecule has 226 valence electrons. The first-order valence-corrected chi connectivity index (χ1v) is 16.1. The number of thiazole rings is 1. The van der Waals surface area contributed by atoms with Gasteiger partial charge in [0, 0.05) is 10.6 Å². The molecule has 0 spiro atoms. The van der Waals surface area contributed by atoms with Gasteiger partial charge in [0.15, 0.2) is 16.3 Å². The van der Waals surface area contributed by atoms with Crippen molar-refractivity contribution in [2.45, 2.75) is 32.4 Å².